The second kappa shape index (κ2) is 3.47. The van der Waals surface area contributed by atoms with Crippen molar-refractivity contribution in [2.45, 2.75) is 0 Å². The molecular formula is C8H8ClO. The minimum atomic E-state index is 0.406. The Labute approximate surface area is 65.6 Å². The smallest absolute Gasteiger partial charge is 0.137 e. The highest BCUT2D eigenvalue weighted by atomic mass is 35.5. The van der Waals surface area contributed by atoms with Crippen molar-refractivity contribution >= 4 is 11.6 Å². The Morgan fingerprint density at radius 2 is 2.10 bits per heavy atom. The van der Waals surface area contributed by atoms with E-state index in [0.29, 0.717) is 17.4 Å². The summed E-state index contributed by atoms with van der Waals surface area (Å²) in [6.45, 7) is 3.95. The van der Waals surface area contributed by atoms with Crippen LogP contribution >= 0.6 is 11.6 Å². The SMILES string of the molecule is [CH2]COc1ccccc1Cl. The number of hydrogen-bond donors (Lipinski definition) is 0. The van der Waals surface area contributed by atoms with E-state index in [4.69, 9.17) is 16.3 Å². The van der Waals surface area contributed by atoms with Crippen molar-refractivity contribution in [1.82, 2.24) is 0 Å². The van der Waals surface area contributed by atoms with Crippen LogP contribution in [0.25, 0.3) is 0 Å². The Bertz CT molecular complexity index is 210. The van der Waals surface area contributed by atoms with Crippen LogP contribution in [0.15, 0.2) is 24.3 Å². The molecule has 10 heavy (non-hydrogen) atoms. The molecule has 0 atom stereocenters. The van der Waals surface area contributed by atoms with E-state index < -0.39 is 0 Å². The molecule has 0 heterocycles. The third-order valence-electron chi connectivity index (χ3n) is 1.09. The number of rotatable bonds is 2. The molecule has 0 spiro atoms. The van der Waals surface area contributed by atoms with E-state index in [0.717, 1.165) is 0 Å². The van der Waals surface area contributed by atoms with Crippen LogP contribution in [0.3, 0.4) is 0 Å². The molecule has 2 heteroatoms. The first-order chi connectivity index (χ1) is 4.84. The molecule has 0 saturated heterocycles. The van der Waals surface area contributed by atoms with Crippen molar-refractivity contribution in [3.63, 3.8) is 0 Å². The highest BCUT2D eigenvalue weighted by Gasteiger charge is 1.95. The molecule has 0 aliphatic carbocycles. The van der Waals surface area contributed by atoms with E-state index in [2.05, 4.69) is 6.92 Å². The second-order valence-corrected chi connectivity index (χ2v) is 2.19. The van der Waals surface area contributed by atoms with Gasteiger partial charge in [-0.1, -0.05) is 23.7 Å². The molecular weight excluding hydrogens is 148 g/mol. The molecule has 53 valence electrons. The molecule has 0 aliphatic heterocycles. The van der Waals surface area contributed by atoms with Crippen LogP contribution in [0, 0.1) is 6.92 Å². The number of hydrogen-bond acceptors (Lipinski definition) is 1. The van der Waals surface area contributed by atoms with Gasteiger partial charge < -0.3 is 4.74 Å². The molecule has 1 rings (SSSR count). The predicted molar refractivity (Wildman–Crippen MR) is 42.3 cm³/mol. The molecule has 0 unspecified atom stereocenters. The third-order valence-corrected chi connectivity index (χ3v) is 1.41. The molecule has 0 aliphatic rings. The predicted octanol–water partition coefficient (Wildman–Crippen LogP) is 2.55. The fourth-order valence-electron chi connectivity index (χ4n) is 0.672. The number of ether oxygens (including phenoxy) is 1. The van der Waals surface area contributed by atoms with Crippen LogP contribution in [0.4, 0.5) is 0 Å². The van der Waals surface area contributed by atoms with Crippen LogP contribution in [-0.2, 0) is 0 Å². The molecule has 1 aromatic rings. The van der Waals surface area contributed by atoms with E-state index in [-0.39, 0.29) is 0 Å². The Balaban J connectivity index is 2.81. The Morgan fingerprint density at radius 3 is 2.70 bits per heavy atom. The summed E-state index contributed by atoms with van der Waals surface area (Å²) in [5.41, 5.74) is 0. The molecule has 0 saturated carbocycles. The Morgan fingerprint density at radius 1 is 1.40 bits per heavy atom. The zero-order valence-corrected chi connectivity index (χ0v) is 6.27. The summed E-state index contributed by atoms with van der Waals surface area (Å²) in [7, 11) is 0. The summed E-state index contributed by atoms with van der Waals surface area (Å²) in [6.07, 6.45) is 0. The van der Waals surface area contributed by atoms with Gasteiger partial charge >= 0.3 is 0 Å². The van der Waals surface area contributed by atoms with Crippen molar-refractivity contribution in [1.29, 1.82) is 0 Å². The summed E-state index contributed by atoms with van der Waals surface area (Å²) in [4.78, 5) is 0. The molecule has 1 radical (unpaired) electrons. The lowest BCUT2D eigenvalue weighted by Gasteiger charge is -2.02. The maximum Gasteiger partial charge on any atom is 0.137 e. The van der Waals surface area contributed by atoms with Gasteiger partial charge in [0.05, 0.1) is 11.6 Å². The van der Waals surface area contributed by atoms with Crippen LogP contribution in [-0.4, -0.2) is 6.61 Å². The van der Waals surface area contributed by atoms with Crippen molar-refractivity contribution in [2.24, 2.45) is 0 Å². The van der Waals surface area contributed by atoms with E-state index in [1.54, 1.807) is 6.07 Å². The average molecular weight is 156 g/mol. The van der Waals surface area contributed by atoms with Gasteiger partial charge in [0.1, 0.15) is 5.75 Å². The molecule has 0 amide bonds. The molecule has 0 bridgehead atoms. The second-order valence-electron chi connectivity index (χ2n) is 1.78. The van der Waals surface area contributed by atoms with Crippen LogP contribution in [0.1, 0.15) is 0 Å². The topological polar surface area (TPSA) is 9.23 Å². The standard InChI is InChI=1S/C8H8ClO/c1-2-10-8-6-4-3-5-7(8)9/h3-6H,1-2H2. The van der Waals surface area contributed by atoms with E-state index >= 15 is 0 Å². The number of halogens is 1. The summed E-state index contributed by atoms with van der Waals surface area (Å²) in [5.74, 6) is 0.694. The van der Waals surface area contributed by atoms with Gasteiger partial charge in [-0.2, -0.15) is 0 Å². The molecule has 0 N–H and O–H groups in total. The lowest BCUT2D eigenvalue weighted by Crippen LogP contribution is -1.91. The van der Waals surface area contributed by atoms with Gasteiger partial charge in [0.2, 0.25) is 0 Å². The lowest BCUT2D eigenvalue weighted by molar-refractivity contribution is 0.361. The minimum absolute atomic E-state index is 0.406. The first-order valence-electron chi connectivity index (χ1n) is 3.01. The first-order valence-corrected chi connectivity index (χ1v) is 3.39. The third kappa shape index (κ3) is 1.64. The summed E-state index contributed by atoms with van der Waals surface area (Å²) >= 11 is 5.75. The monoisotopic (exact) mass is 155 g/mol. The maximum atomic E-state index is 5.75. The Hall–Kier alpha value is -0.690. The highest BCUT2D eigenvalue weighted by Crippen LogP contribution is 2.22. The quantitative estimate of drug-likeness (QED) is 0.638. The van der Waals surface area contributed by atoms with E-state index in [1.165, 1.54) is 0 Å². The van der Waals surface area contributed by atoms with Gasteiger partial charge in [0, 0.05) is 0 Å². The molecule has 0 fully saturated rings. The number of benzene rings is 1. The summed E-state index contributed by atoms with van der Waals surface area (Å²) in [6, 6.07) is 7.33. The summed E-state index contributed by atoms with van der Waals surface area (Å²) < 4.78 is 5.09. The van der Waals surface area contributed by atoms with E-state index in [1.807, 2.05) is 18.2 Å². The number of para-hydroxylation sites is 1. The molecule has 1 nitrogen and oxygen atoms in total. The van der Waals surface area contributed by atoms with Gasteiger partial charge in [-0.05, 0) is 19.1 Å². The summed E-state index contributed by atoms with van der Waals surface area (Å²) in [5, 5.41) is 0.631. The van der Waals surface area contributed by atoms with Crippen LogP contribution in [0.2, 0.25) is 5.02 Å². The zero-order valence-electron chi connectivity index (χ0n) is 5.51. The van der Waals surface area contributed by atoms with Crippen LogP contribution in [0.5, 0.6) is 5.75 Å². The average Bonchev–Trinajstić information content (AvgIpc) is 1.94. The van der Waals surface area contributed by atoms with Gasteiger partial charge in [-0.15, -0.1) is 0 Å². The zero-order chi connectivity index (χ0) is 7.40. The van der Waals surface area contributed by atoms with Gasteiger partial charge in [0.25, 0.3) is 0 Å². The van der Waals surface area contributed by atoms with Crippen molar-refractivity contribution in [3.8, 4) is 5.75 Å². The van der Waals surface area contributed by atoms with Gasteiger partial charge in [-0.3, -0.25) is 0 Å². The van der Waals surface area contributed by atoms with E-state index in [9.17, 15) is 0 Å². The molecule has 0 aromatic heterocycles. The van der Waals surface area contributed by atoms with Gasteiger partial charge in [0.15, 0.2) is 0 Å². The minimum Gasteiger partial charge on any atom is -0.492 e. The lowest BCUT2D eigenvalue weighted by atomic mass is 10.3. The fraction of sp³-hybridized carbons (Fsp3) is 0.125. The molecule has 1 aromatic carbocycles. The van der Waals surface area contributed by atoms with Gasteiger partial charge in [-0.25, -0.2) is 0 Å². The fourth-order valence-corrected chi connectivity index (χ4v) is 0.862. The maximum absolute atomic E-state index is 5.75. The Kier molecular flexibility index (Phi) is 2.57. The largest absolute Gasteiger partial charge is 0.492 e. The van der Waals surface area contributed by atoms with Crippen molar-refractivity contribution in [3.05, 3.63) is 36.2 Å². The highest BCUT2D eigenvalue weighted by molar-refractivity contribution is 6.32. The van der Waals surface area contributed by atoms with Crippen molar-refractivity contribution < 1.29 is 4.74 Å². The first kappa shape index (κ1) is 7.42. The van der Waals surface area contributed by atoms with Crippen LogP contribution < -0.4 is 4.74 Å². The normalized spacial score (nSPS) is 9.40. The van der Waals surface area contributed by atoms with Crippen molar-refractivity contribution in [2.75, 3.05) is 6.61 Å².